The molecule has 2 aromatic carbocycles. The third-order valence-corrected chi connectivity index (χ3v) is 4.60. The van der Waals surface area contributed by atoms with E-state index in [1.807, 2.05) is 31.2 Å². The van der Waals surface area contributed by atoms with Gasteiger partial charge in [-0.1, -0.05) is 36.4 Å². The number of rotatable bonds is 3. The first-order valence-corrected chi connectivity index (χ1v) is 8.81. The molecule has 148 valence electrons. The summed E-state index contributed by atoms with van der Waals surface area (Å²) in [4.78, 5) is 4.25. The first kappa shape index (κ1) is 18.7. The molecule has 0 aliphatic carbocycles. The smallest absolute Gasteiger partial charge is 0.381 e. The van der Waals surface area contributed by atoms with Gasteiger partial charge in [-0.25, -0.2) is 4.98 Å². The van der Waals surface area contributed by atoms with Crippen molar-refractivity contribution < 1.29 is 13.2 Å². The van der Waals surface area contributed by atoms with E-state index in [9.17, 15) is 13.2 Å². The topological polar surface area (TPSA) is 88.8 Å². The number of para-hydroxylation sites is 1. The summed E-state index contributed by atoms with van der Waals surface area (Å²) in [6.45, 7) is 2.55. The van der Waals surface area contributed by atoms with Crippen molar-refractivity contribution in [1.82, 2.24) is 15.2 Å². The van der Waals surface area contributed by atoms with E-state index in [0.717, 1.165) is 28.6 Å². The van der Waals surface area contributed by atoms with Crippen LogP contribution >= 0.6 is 0 Å². The highest BCUT2D eigenvalue weighted by Crippen LogP contribution is 2.37. The molecular weight excluding hydrogens is 381 g/mol. The van der Waals surface area contributed by atoms with E-state index in [-0.39, 0.29) is 23.0 Å². The van der Waals surface area contributed by atoms with Crippen LogP contribution in [0.15, 0.2) is 54.1 Å². The Hall–Kier alpha value is -3.62. The summed E-state index contributed by atoms with van der Waals surface area (Å²) in [5.74, 6) is -0.0114. The maximum absolute atomic E-state index is 13.4. The number of nitrogen functional groups attached to an aromatic ring is 1. The lowest BCUT2D eigenvalue weighted by Gasteiger charge is -2.24. The SMILES string of the molecule is CC1=C(Nc2nc(-c3ccccc3C(F)(F)F)nnc2N)c2ccccc2NC1. The molecule has 1 aromatic heterocycles. The van der Waals surface area contributed by atoms with Gasteiger partial charge < -0.3 is 16.4 Å². The zero-order valence-corrected chi connectivity index (χ0v) is 15.4. The first-order valence-electron chi connectivity index (χ1n) is 8.81. The van der Waals surface area contributed by atoms with Crippen molar-refractivity contribution >= 4 is 23.0 Å². The summed E-state index contributed by atoms with van der Waals surface area (Å²) in [5.41, 5.74) is 8.54. The Bertz CT molecular complexity index is 1110. The highest BCUT2D eigenvalue weighted by atomic mass is 19.4. The number of fused-ring (bicyclic) bond motifs is 1. The number of halogens is 3. The maximum Gasteiger partial charge on any atom is 0.417 e. The summed E-state index contributed by atoms with van der Waals surface area (Å²) in [5, 5.41) is 14.1. The maximum atomic E-state index is 13.4. The minimum absolute atomic E-state index is 0.00504. The average molecular weight is 398 g/mol. The van der Waals surface area contributed by atoms with Crippen LogP contribution in [0.3, 0.4) is 0 Å². The second-order valence-corrected chi connectivity index (χ2v) is 6.59. The van der Waals surface area contributed by atoms with Crippen molar-refractivity contribution in [3.8, 4) is 11.4 Å². The van der Waals surface area contributed by atoms with E-state index in [1.54, 1.807) is 0 Å². The molecule has 4 rings (SSSR count). The van der Waals surface area contributed by atoms with Crippen LogP contribution in [0, 0.1) is 0 Å². The third-order valence-electron chi connectivity index (χ3n) is 4.60. The summed E-state index contributed by atoms with van der Waals surface area (Å²) in [6.07, 6.45) is -4.54. The minimum atomic E-state index is -4.54. The highest BCUT2D eigenvalue weighted by molar-refractivity contribution is 5.88. The number of nitrogens with one attached hydrogen (secondary N) is 2. The number of anilines is 3. The van der Waals surface area contributed by atoms with Crippen LogP contribution < -0.4 is 16.4 Å². The van der Waals surface area contributed by atoms with Gasteiger partial charge in [-0.3, -0.25) is 0 Å². The van der Waals surface area contributed by atoms with Crippen LogP contribution in [0.5, 0.6) is 0 Å². The lowest BCUT2D eigenvalue weighted by molar-refractivity contribution is -0.137. The number of nitrogens with zero attached hydrogens (tertiary/aromatic N) is 3. The van der Waals surface area contributed by atoms with Gasteiger partial charge in [-0.2, -0.15) is 13.2 Å². The summed E-state index contributed by atoms with van der Waals surface area (Å²) in [7, 11) is 0. The van der Waals surface area contributed by atoms with Crippen LogP contribution in [0.1, 0.15) is 18.1 Å². The number of benzene rings is 2. The van der Waals surface area contributed by atoms with Crippen molar-refractivity contribution in [2.45, 2.75) is 13.1 Å². The van der Waals surface area contributed by atoms with E-state index in [4.69, 9.17) is 5.73 Å². The van der Waals surface area contributed by atoms with Gasteiger partial charge in [0.2, 0.25) is 0 Å². The number of hydrogen-bond acceptors (Lipinski definition) is 6. The van der Waals surface area contributed by atoms with Crippen LogP contribution in [0.4, 0.5) is 30.5 Å². The van der Waals surface area contributed by atoms with E-state index < -0.39 is 11.7 Å². The summed E-state index contributed by atoms with van der Waals surface area (Å²) >= 11 is 0. The van der Waals surface area contributed by atoms with Crippen LogP contribution in [0.25, 0.3) is 17.1 Å². The van der Waals surface area contributed by atoms with Crippen molar-refractivity contribution in [2.24, 2.45) is 0 Å². The molecule has 1 aliphatic rings. The molecule has 0 fully saturated rings. The molecule has 3 aromatic rings. The molecule has 4 N–H and O–H groups in total. The molecule has 6 nitrogen and oxygen atoms in total. The van der Waals surface area contributed by atoms with Gasteiger partial charge in [0.25, 0.3) is 0 Å². The van der Waals surface area contributed by atoms with E-state index in [2.05, 4.69) is 25.8 Å². The molecule has 0 saturated heterocycles. The van der Waals surface area contributed by atoms with Crippen molar-refractivity contribution in [1.29, 1.82) is 0 Å². The van der Waals surface area contributed by atoms with Gasteiger partial charge >= 0.3 is 6.18 Å². The molecule has 0 amide bonds. The van der Waals surface area contributed by atoms with Gasteiger partial charge in [-0.15, -0.1) is 10.2 Å². The molecular formula is C20H17F3N6. The Morgan fingerprint density at radius 1 is 1.00 bits per heavy atom. The van der Waals surface area contributed by atoms with Crippen LogP contribution in [-0.4, -0.2) is 21.7 Å². The molecule has 2 heterocycles. The third kappa shape index (κ3) is 3.58. The first-order chi connectivity index (χ1) is 13.8. The molecule has 0 spiro atoms. The van der Waals surface area contributed by atoms with Gasteiger partial charge in [0.15, 0.2) is 17.5 Å². The second kappa shape index (κ2) is 7.08. The van der Waals surface area contributed by atoms with Gasteiger partial charge in [0, 0.05) is 29.1 Å². The lowest BCUT2D eigenvalue weighted by Crippen LogP contribution is -2.18. The van der Waals surface area contributed by atoms with Crippen molar-refractivity contribution in [3.63, 3.8) is 0 Å². The Balaban J connectivity index is 1.77. The number of hydrogen-bond donors (Lipinski definition) is 3. The quantitative estimate of drug-likeness (QED) is 0.606. The van der Waals surface area contributed by atoms with E-state index >= 15 is 0 Å². The van der Waals surface area contributed by atoms with E-state index in [1.165, 1.54) is 18.2 Å². The zero-order valence-electron chi connectivity index (χ0n) is 15.4. The predicted molar refractivity (Wildman–Crippen MR) is 106 cm³/mol. The normalized spacial score (nSPS) is 13.7. The standard InChI is InChI=1S/C20H17F3N6/c1-11-10-25-15-9-5-3-7-13(15)16(11)26-19-17(24)28-29-18(27-19)12-6-2-4-8-14(12)20(21,22)23/h2-9,25H,10H2,1H3,(H2,24,28)(H,26,27,29). The largest absolute Gasteiger partial charge is 0.417 e. The average Bonchev–Trinajstić information content (AvgIpc) is 2.71. The second-order valence-electron chi connectivity index (χ2n) is 6.59. The highest BCUT2D eigenvalue weighted by Gasteiger charge is 2.34. The van der Waals surface area contributed by atoms with Crippen LogP contribution in [0.2, 0.25) is 0 Å². The molecule has 0 saturated carbocycles. The molecule has 1 aliphatic heterocycles. The molecule has 29 heavy (non-hydrogen) atoms. The Morgan fingerprint density at radius 2 is 1.69 bits per heavy atom. The Morgan fingerprint density at radius 3 is 2.45 bits per heavy atom. The predicted octanol–water partition coefficient (Wildman–Crippen LogP) is 4.41. The number of nitrogens with two attached hydrogens (primary N) is 1. The zero-order chi connectivity index (χ0) is 20.6. The van der Waals surface area contributed by atoms with Gasteiger partial charge in [-0.05, 0) is 24.6 Å². The number of aromatic nitrogens is 3. The molecule has 0 unspecified atom stereocenters. The summed E-state index contributed by atoms with van der Waals surface area (Å²) < 4.78 is 40.1. The lowest BCUT2D eigenvalue weighted by atomic mass is 10.0. The Labute approximate surface area is 164 Å². The monoisotopic (exact) mass is 398 g/mol. The molecule has 0 atom stereocenters. The minimum Gasteiger partial charge on any atom is -0.381 e. The molecule has 0 radical (unpaired) electrons. The van der Waals surface area contributed by atoms with Crippen molar-refractivity contribution in [2.75, 3.05) is 22.9 Å². The molecule has 9 heteroatoms. The fraction of sp³-hybridized carbons (Fsp3) is 0.150. The van der Waals surface area contributed by atoms with Crippen molar-refractivity contribution in [3.05, 3.63) is 65.2 Å². The fourth-order valence-electron chi connectivity index (χ4n) is 3.16. The molecule has 0 bridgehead atoms. The Kier molecular flexibility index (Phi) is 4.57. The number of alkyl halides is 3. The van der Waals surface area contributed by atoms with Crippen LogP contribution in [-0.2, 0) is 6.18 Å². The van der Waals surface area contributed by atoms with E-state index in [0.29, 0.717) is 6.54 Å². The fourth-order valence-corrected chi connectivity index (χ4v) is 3.16. The summed E-state index contributed by atoms with van der Waals surface area (Å²) in [6, 6.07) is 12.8. The van der Waals surface area contributed by atoms with Gasteiger partial charge in [0.05, 0.1) is 5.56 Å². The van der Waals surface area contributed by atoms with Gasteiger partial charge in [0.1, 0.15) is 0 Å².